The molecule has 1 aromatic heterocycles. The predicted octanol–water partition coefficient (Wildman–Crippen LogP) is 3.94. The highest BCUT2D eigenvalue weighted by Crippen LogP contribution is 2.31. The van der Waals surface area contributed by atoms with Crippen LogP contribution >= 0.6 is 0 Å². The van der Waals surface area contributed by atoms with Crippen LogP contribution < -0.4 is 14.8 Å². The van der Waals surface area contributed by atoms with Gasteiger partial charge in [-0.25, -0.2) is 8.42 Å². The highest BCUT2D eigenvalue weighted by Gasteiger charge is 2.19. The molecule has 0 unspecified atom stereocenters. The Labute approximate surface area is 230 Å². The van der Waals surface area contributed by atoms with Crippen molar-refractivity contribution in [3.63, 3.8) is 0 Å². The smallest absolute Gasteiger partial charge is 0.237 e. The first-order valence-electron chi connectivity index (χ1n) is 13.4. The summed E-state index contributed by atoms with van der Waals surface area (Å²) in [4.78, 5) is 16.4. The number of hydrogen-bond acceptors (Lipinski definition) is 7. The van der Waals surface area contributed by atoms with Gasteiger partial charge in [0, 0.05) is 30.1 Å². The van der Waals surface area contributed by atoms with Gasteiger partial charge < -0.3 is 15.2 Å². The van der Waals surface area contributed by atoms with Crippen LogP contribution in [0, 0.1) is 0 Å². The lowest BCUT2D eigenvalue weighted by atomic mass is 9.97. The number of carbonyl (C=O) groups excluding carboxylic acids is 1. The van der Waals surface area contributed by atoms with E-state index in [2.05, 4.69) is 34.6 Å². The van der Waals surface area contributed by atoms with E-state index < -0.39 is 22.0 Å². The van der Waals surface area contributed by atoms with Crippen molar-refractivity contribution in [3.05, 3.63) is 83.7 Å². The molecule has 4 rings (SSSR count). The Kier molecular flexibility index (Phi) is 10.1. The lowest BCUT2D eigenvalue weighted by Crippen LogP contribution is -2.31. The van der Waals surface area contributed by atoms with E-state index in [1.807, 2.05) is 35.1 Å². The predicted molar refractivity (Wildman–Crippen MR) is 152 cm³/mol. The molecule has 0 saturated heterocycles. The number of rotatable bonds is 12. The summed E-state index contributed by atoms with van der Waals surface area (Å²) in [7, 11) is -3.62. The number of ether oxygens (including phenoxy) is 1. The van der Waals surface area contributed by atoms with Gasteiger partial charge in [0.15, 0.2) is 0 Å². The highest BCUT2D eigenvalue weighted by atomic mass is 32.2. The number of aromatic nitrogens is 1. The van der Waals surface area contributed by atoms with Crippen LogP contribution in [-0.4, -0.2) is 49.9 Å². The zero-order valence-corrected chi connectivity index (χ0v) is 23.1. The number of amides is 1. The Bertz CT molecular complexity index is 1320. The SMILES string of the molecule is CS(=O)(=O)NC(=O)Cc1ccc(-c2ccc(CCNC[C@@H](O)c3cccnc3)cc2)cc1OC1CCCCC1. The molecule has 0 bridgehead atoms. The first-order chi connectivity index (χ1) is 18.8. The zero-order chi connectivity index (χ0) is 27.7. The maximum Gasteiger partial charge on any atom is 0.237 e. The molecule has 8 nitrogen and oxygen atoms in total. The highest BCUT2D eigenvalue weighted by molar-refractivity contribution is 7.89. The van der Waals surface area contributed by atoms with Gasteiger partial charge in [-0.15, -0.1) is 0 Å². The molecule has 3 aromatic rings. The molecule has 1 aliphatic carbocycles. The van der Waals surface area contributed by atoms with Gasteiger partial charge in [0.1, 0.15) is 5.75 Å². The number of aliphatic hydroxyl groups excluding tert-OH is 1. The van der Waals surface area contributed by atoms with E-state index >= 15 is 0 Å². The molecule has 1 saturated carbocycles. The summed E-state index contributed by atoms with van der Waals surface area (Å²) in [5, 5.41) is 13.6. The van der Waals surface area contributed by atoms with Gasteiger partial charge in [-0.2, -0.15) is 0 Å². The summed E-state index contributed by atoms with van der Waals surface area (Å²) in [5.41, 5.74) is 4.64. The van der Waals surface area contributed by atoms with E-state index in [-0.39, 0.29) is 12.5 Å². The molecule has 2 aromatic carbocycles. The van der Waals surface area contributed by atoms with Crippen molar-refractivity contribution in [1.82, 2.24) is 15.0 Å². The fourth-order valence-electron chi connectivity index (χ4n) is 4.79. The number of benzene rings is 2. The monoisotopic (exact) mass is 551 g/mol. The number of carbonyl (C=O) groups is 1. The maximum absolute atomic E-state index is 12.3. The molecule has 1 amide bonds. The molecule has 1 aliphatic rings. The fourth-order valence-corrected chi connectivity index (χ4v) is 5.28. The summed E-state index contributed by atoms with van der Waals surface area (Å²) < 4.78 is 31.4. The van der Waals surface area contributed by atoms with Crippen LogP contribution in [0.3, 0.4) is 0 Å². The van der Waals surface area contributed by atoms with Crippen molar-refractivity contribution in [2.75, 3.05) is 19.3 Å². The third kappa shape index (κ3) is 9.16. The second kappa shape index (κ2) is 13.7. The summed E-state index contributed by atoms with van der Waals surface area (Å²) in [6, 6.07) is 17.7. The minimum Gasteiger partial charge on any atom is -0.490 e. The van der Waals surface area contributed by atoms with Gasteiger partial charge in [-0.05, 0) is 67.5 Å². The van der Waals surface area contributed by atoms with Crippen LogP contribution in [0.5, 0.6) is 5.75 Å². The molecule has 39 heavy (non-hydrogen) atoms. The maximum atomic E-state index is 12.3. The number of aliphatic hydroxyl groups is 1. The van der Waals surface area contributed by atoms with E-state index in [0.29, 0.717) is 17.9 Å². The Balaban J connectivity index is 1.39. The third-order valence-electron chi connectivity index (χ3n) is 6.85. The van der Waals surface area contributed by atoms with Crippen LogP contribution in [0.15, 0.2) is 67.0 Å². The second-order valence-electron chi connectivity index (χ2n) is 10.1. The first-order valence-corrected chi connectivity index (χ1v) is 15.3. The Hall–Kier alpha value is -3.27. The summed E-state index contributed by atoms with van der Waals surface area (Å²) >= 11 is 0. The van der Waals surface area contributed by atoms with Gasteiger partial charge in [-0.1, -0.05) is 48.9 Å². The van der Waals surface area contributed by atoms with Gasteiger partial charge in [0.05, 0.1) is 24.9 Å². The fraction of sp³-hybridized carbons (Fsp3) is 0.400. The second-order valence-corrected chi connectivity index (χ2v) is 11.9. The van der Waals surface area contributed by atoms with Crippen molar-refractivity contribution >= 4 is 15.9 Å². The lowest BCUT2D eigenvalue weighted by Gasteiger charge is -2.24. The number of sulfonamides is 1. The molecule has 1 fully saturated rings. The number of pyridine rings is 1. The zero-order valence-electron chi connectivity index (χ0n) is 22.3. The Morgan fingerprint density at radius 1 is 1.08 bits per heavy atom. The van der Waals surface area contributed by atoms with Crippen LogP contribution in [-0.2, 0) is 27.7 Å². The molecule has 0 spiro atoms. The van der Waals surface area contributed by atoms with Crippen LogP contribution in [0.4, 0.5) is 0 Å². The van der Waals surface area contributed by atoms with Crippen molar-refractivity contribution in [2.24, 2.45) is 0 Å². The largest absolute Gasteiger partial charge is 0.490 e. The van der Waals surface area contributed by atoms with Crippen LogP contribution in [0.1, 0.15) is 54.9 Å². The Morgan fingerprint density at radius 3 is 2.51 bits per heavy atom. The summed E-state index contributed by atoms with van der Waals surface area (Å²) in [6.07, 6.45) is 9.98. The molecule has 0 radical (unpaired) electrons. The van der Waals surface area contributed by atoms with Crippen molar-refractivity contribution in [2.45, 2.75) is 57.2 Å². The molecule has 3 N–H and O–H groups in total. The van der Waals surface area contributed by atoms with Crippen LogP contribution in [0.25, 0.3) is 11.1 Å². The average molecular weight is 552 g/mol. The van der Waals surface area contributed by atoms with Gasteiger partial charge >= 0.3 is 0 Å². The van der Waals surface area contributed by atoms with Crippen molar-refractivity contribution < 1.29 is 23.1 Å². The lowest BCUT2D eigenvalue weighted by molar-refractivity contribution is -0.118. The van der Waals surface area contributed by atoms with E-state index in [1.165, 1.54) is 12.0 Å². The first kappa shape index (κ1) is 28.7. The van der Waals surface area contributed by atoms with E-state index in [1.54, 1.807) is 12.4 Å². The minimum absolute atomic E-state index is 0.0726. The van der Waals surface area contributed by atoms with Crippen molar-refractivity contribution in [3.8, 4) is 16.9 Å². The number of hydrogen-bond donors (Lipinski definition) is 3. The van der Waals surface area contributed by atoms with E-state index in [4.69, 9.17) is 4.74 Å². The van der Waals surface area contributed by atoms with Gasteiger partial charge in [0.2, 0.25) is 15.9 Å². The summed E-state index contributed by atoms with van der Waals surface area (Å²) in [5.74, 6) is 0.0492. The van der Waals surface area contributed by atoms with Crippen molar-refractivity contribution in [1.29, 1.82) is 0 Å². The normalized spacial score (nSPS) is 15.0. The quantitative estimate of drug-likeness (QED) is 0.292. The molecular weight excluding hydrogens is 514 g/mol. The molecular formula is C30H37N3O5S. The molecule has 1 heterocycles. The topological polar surface area (TPSA) is 118 Å². The minimum atomic E-state index is -3.62. The summed E-state index contributed by atoms with van der Waals surface area (Å²) in [6.45, 7) is 1.20. The van der Waals surface area contributed by atoms with Gasteiger partial charge in [0.25, 0.3) is 0 Å². The average Bonchev–Trinajstić information content (AvgIpc) is 2.92. The van der Waals surface area contributed by atoms with Crippen LogP contribution in [0.2, 0.25) is 0 Å². The molecule has 9 heteroatoms. The third-order valence-corrected chi connectivity index (χ3v) is 7.45. The molecule has 208 valence electrons. The van der Waals surface area contributed by atoms with E-state index in [9.17, 15) is 18.3 Å². The van der Waals surface area contributed by atoms with Gasteiger partial charge in [-0.3, -0.25) is 14.5 Å². The number of nitrogens with one attached hydrogen (secondary N) is 2. The standard InChI is InChI=1S/C30H37N3O5S/c1-39(36,37)33-30(35)19-25-14-13-24(18-29(25)38-27-7-3-2-4-8-27)23-11-9-22(10-12-23)15-17-32-21-28(34)26-6-5-16-31-20-26/h5-6,9-14,16,18,20,27-28,32,34H,2-4,7-8,15,17,19,21H2,1H3,(H,33,35)/t28-/m1/s1. The Morgan fingerprint density at radius 2 is 1.82 bits per heavy atom. The molecule has 1 atom stereocenters. The van der Waals surface area contributed by atoms with E-state index in [0.717, 1.165) is 61.6 Å². The number of nitrogens with zero attached hydrogens (tertiary/aromatic N) is 1. The molecule has 0 aliphatic heterocycles.